The summed E-state index contributed by atoms with van der Waals surface area (Å²) in [7, 11) is 0. The maximum absolute atomic E-state index is 10.8. The Hall–Kier alpha value is -0.870. The molecule has 1 N–H and O–H groups in total. The van der Waals surface area contributed by atoms with E-state index in [1.807, 2.05) is 0 Å². The van der Waals surface area contributed by atoms with E-state index in [-0.39, 0.29) is 5.92 Å². The van der Waals surface area contributed by atoms with Crippen molar-refractivity contribution in [1.29, 1.82) is 0 Å². The standard InChI is InChI=1S/C11H15NO2S/c1-8-3-5-15-10(8)7-12-4-2-9(6-12)11(13)14/h3,5,9H,2,4,6-7H2,1H3,(H,13,14). The summed E-state index contributed by atoms with van der Waals surface area (Å²) in [6.45, 7) is 4.63. The molecule has 82 valence electrons. The second-order valence-electron chi connectivity index (χ2n) is 4.09. The smallest absolute Gasteiger partial charge is 0.307 e. The molecule has 0 saturated carbocycles. The minimum Gasteiger partial charge on any atom is -0.481 e. The van der Waals surface area contributed by atoms with Gasteiger partial charge in [-0.05, 0) is 36.9 Å². The minimum atomic E-state index is -0.652. The van der Waals surface area contributed by atoms with Crippen LogP contribution in [0.3, 0.4) is 0 Å². The van der Waals surface area contributed by atoms with Gasteiger partial charge in [-0.25, -0.2) is 0 Å². The van der Waals surface area contributed by atoms with E-state index in [2.05, 4.69) is 23.3 Å². The summed E-state index contributed by atoms with van der Waals surface area (Å²) >= 11 is 1.76. The van der Waals surface area contributed by atoms with Crippen LogP contribution < -0.4 is 0 Å². The number of thiophene rings is 1. The fraction of sp³-hybridized carbons (Fsp3) is 0.545. The lowest BCUT2D eigenvalue weighted by Crippen LogP contribution is -2.22. The first kappa shape index (κ1) is 10.6. The van der Waals surface area contributed by atoms with E-state index in [9.17, 15) is 4.79 Å². The number of carboxylic acids is 1. The molecular weight excluding hydrogens is 210 g/mol. The molecule has 0 bridgehead atoms. The van der Waals surface area contributed by atoms with Gasteiger partial charge in [0.2, 0.25) is 0 Å². The van der Waals surface area contributed by atoms with E-state index >= 15 is 0 Å². The van der Waals surface area contributed by atoms with Crippen LogP contribution in [0, 0.1) is 12.8 Å². The van der Waals surface area contributed by atoms with Gasteiger partial charge in [-0.3, -0.25) is 9.69 Å². The summed E-state index contributed by atoms with van der Waals surface area (Å²) in [5, 5.41) is 11.0. The fourth-order valence-electron chi connectivity index (χ4n) is 1.95. The maximum Gasteiger partial charge on any atom is 0.307 e. The molecule has 2 rings (SSSR count). The van der Waals surface area contributed by atoms with Crippen molar-refractivity contribution in [3.05, 3.63) is 21.9 Å². The molecule has 1 fully saturated rings. The first-order chi connectivity index (χ1) is 7.16. The van der Waals surface area contributed by atoms with Crippen molar-refractivity contribution in [2.75, 3.05) is 13.1 Å². The Morgan fingerprint density at radius 1 is 1.73 bits per heavy atom. The number of rotatable bonds is 3. The molecule has 1 aromatic rings. The van der Waals surface area contributed by atoms with Crippen molar-refractivity contribution < 1.29 is 9.90 Å². The highest BCUT2D eigenvalue weighted by Gasteiger charge is 2.28. The second-order valence-corrected chi connectivity index (χ2v) is 5.09. The molecule has 4 heteroatoms. The van der Waals surface area contributed by atoms with Crippen molar-refractivity contribution in [1.82, 2.24) is 4.90 Å². The molecule has 0 aliphatic carbocycles. The number of carbonyl (C=O) groups is 1. The normalized spacial score (nSPS) is 22.1. The highest BCUT2D eigenvalue weighted by atomic mass is 32.1. The average Bonchev–Trinajstić information content (AvgIpc) is 2.77. The van der Waals surface area contributed by atoms with Crippen molar-refractivity contribution in [2.45, 2.75) is 19.9 Å². The predicted molar refractivity (Wildman–Crippen MR) is 60.1 cm³/mol. The molecule has 1 aliphatic heterocycles. The lowest BCUT2D eigenvalue weighted by Gasteiger charge is -2.14. The Kier molecular flexibility index (Phi) is 3.07. The summed E-state index contributed by atoms with van der Waals surface area (Å²) in [6, 6.07) is 2.12. The zero-order chi connectivity index (χ0) is 10.8. The fourth-order valence-corrected chi connectivity index (χ4v) is 2.89. The van der Waals surface area contributed by atoms with E-state index in [0.717, 1.165) is 19.5 Å². The SMILES string of the molecule is Cc1ccsc1CN1CCC(C(=O)O)C1. The van der Waals surface area contributed by atoms with Gasteiger partial charge < -0.3 is 5.11 Å². The van der Waals surface area contributed by atoms with Gasteiger partial charge >= 0.3 is 5.97 Å². The van der Waals surface area contributed by atoms with Gasteiger partial charge in [0.1, 0.15) is 0 Å². The van der Waals surface area contributed by atoms with Crippen LogP contribution in [-0.2, 0) is 11.3 Å². The number of aliphatic carboxylic acids is 1. The highest BCUT2D eigenvalue weighted by Crippen LogP contribution is 2.23. The van der Waals surface area contributed by atoms with E-state index in [0.29, 0.717) is 6.54 Å². The van der Waals surface area contributed by atoms with E-state index < -0.39 is 5.97 Å². The van der Waals surface area contributed by atoms with Crippen LogP contribution in [0.15, 0.2) is 11.4 Å². The van der Waals surface area contributed by atoms with Crippen LogP contribution in [0.1, 0.15) is 16.9 Å². The van der Waals surface area contributed by atoms with Gasteiger partial charge in [0.25, 0.3) is 0 Å². The third kappa shape index (κ3) is 2.38. The van der Waals surface area contributed by atoms with Crippen LogP contribution in [0.25, 0.3) is 0 Å². The monoisotopic (exact) mass is 225 g/mol. The number of aryl methyl sites for hydroxylation is 1. The van der Waals surface area contributed by atoms with Crippen molar-refractivity contribution >= 4 is 17.3 Å². The van der Waals surface area contributed by atoms with Gasteiger partial charge in [0, 0.05) is 18.0 Å². The van der Waals surface area contributed by atoms with Gasteiger partial charge in [-0.1, -0.05) is 0 Å². The molecular formula is C11H15NO2S. The molecule has 1 saturated heterocycles. The summed E-state index contributed by atoms with van der Waals surface area (Å²) in [4.78, 5) is 14.4. The summed E-state index contributed by atoms with van der Waals surface area (Å²) < 4.78 is 0. The van der Waals surface area contributed by atoms with Gasteiger partial charge in [-0.15, -0.1) is 11.3 Å². The van der Waals surface area contributed by atoms with Gasteiger partial charge in [0.15, 0.2) is 0 Å². The van der Waals surface area contributed by atoms with Crippen molar-refractivity contribution in [2.24, 2.45) is 5.92 Å². The summed E-state index contributed by atoms with van der Waals surface area (Å²) in [5.74, 6) is -0.814. The maximum atomic E-state index is 10.8. The number of hydrogen-bond acceptors (Lipinski definition) is 3. The molecule has 0 amide bonds. The van der Waals surface area contributed by atoms with Crippen molar-refractivity contribution in [3.8, 4) is 0 Å². The van der Waals surface area contributed by atoms with Gasteiger partial charge in [0.05, 0.1) is 5.92 Å². The average molecular weight is 225 g/mol. The van der Waals surface area contributed by atoms with E-state index in [1.165, 1.54) is 10.4 Å². The zero-order valence-electron chi connectivity index (χ0n) is 8.77. The molecule has 1 unspecified atom stereocenters. The Morgan fingerprint density at radius 3 is 3.07 bits per heavy atom. The van der Waals surface area contributed by atoms with Crippen LogP contribution in [0.5, 0.6) is 0 Å². The molecule has 2 heterocycles. The second kappa shape index (κ2) is 4.33. The Bertz CT molecular complexity index is 361. The molecule has 0 radical (unpaired) electrons. The Balaban J connectivity index is 1.93. The van der Waals surface area contributed by atoms with Gasteiger partial charge in [-0.2, -0.15) is 0 Å². The molecule has 1 aliphatic rings. The summed E-state index contributed by atoms with van der Waals surface area (Å²) in [5.41, 5.74) is 1.32. The quantitative estimate of drug-likeness (QED) is 0.855. The Morgan fingerprint density at radius 2 is 2.53 bits per heavy atom. The zero-order valence-corrected chi connectivity index (χ0v) is 9.59. The van der Waals surface area contributed by atoms with Crippen LogP contribution in [0.2, 0.25) is 0 Å². The van der Waals surface area contributed by atoms with E-state index in [4.69, 9.17) is 5.11 Å². The minimum absolute atomic E-state index is 0.162. The third-order valence-corrected chi connectivity index (χ3v) is 3.96. The van der Waals surface area contributed by atoms with Crippen LogP contribution >= 0.6 is 11.3 Å². The third-order valence-electron chi connectivity index (χ3n) is 2.96. The number of nitrogens with zero attached hydrogens (tertiary/aromatic N) is 1. The predicted octanol–water partition coefficient (Wildman–Crippen LogP) is 1.96. The van der Waals surface area contributed by atoms with E-state index in [1.54, 1.807) is 11.3 Å². The van der Waals surface area contributed by atoms with Crippen LogP contribution in [-0.4, -0.2) is 29.1 Å². The first-order valence-electron chi connectivity index (χ1n) is 5.15. The highest BCUT2D eigenvalue weighted by molar-refractivity contribution is 7.10. The molecule has 15 heavy (non-hydrogen) atoms. The molecule has 1 aromatic heterocycles. The number of carboxylic acid groups (broad SMARTS) is 1. The molecule has 3 nitrogen and oxygen atoms in total. The largest absolute Gasteiger partial charge is 0.481 e. The van der Waals surface area contributed by atoms with Crippen LogP contribution in [0.4, 0.5) is 0 Å². The molecule has 0 aromatic carbocycles. The lowest BCUT2D eigenvalue weighted by atomic mass is 10.1. The number of hydrogen-bond donors (Lipinski definition) is 1. The molecule has 0 spiro atoms. The van der Waals surface area contributed by atoms with Crippen molar-refractivity contribution in [3.63, 3.8) is 0 Å². The Labute approximate surface area is 93.3 Å². The lowest BCUT2D eigenvalue weighted by molar-refractivity contribution is -0.141. The number of likely N-dealkylation sites (tertiary alicyclic amines) is 1. The topological polar surface area (TPSA) is 40.5 Å². The first-order valence-corrected chi connectivity index (χ1v) is 6.03. The summed E-state index contributed by atoms with van der Waals surface area (Å²) in [6.07, 6.45) is 0.791. The molecule has 1 atom stereocenters.